The monoisotopic (exact) mass is 406 g/mol. The van der Waals surface area contributed by atoms with Crippen molar-refractivity contribution in [2.24, 2.45) is 0 Å². The maximum Gasteiger partial charge on any atom is 0.534 e. The molecule has 4 rings (SSSR count). The standard InChI is InChI=1S/C20H13F3O4S/c1-26-14-7-9-16-13(10-14)6-8-17-15-5-3-2-4-12(15)11-18(19(16)17)27-28(24,25)20(21,22)23/h2-11H,1H3. The normalized spacial score (nSPS) is 12.6. The zero-order valence-corrected chi connectivity index (χ0v) is 15.3. The highest BCUT2D eigenvalue weighted by molar-refractivity contribution is 7.88. The summed E-state index contributed by atoms with van der Waals surface area (Å²) >= 11 is 0. The Morgan fingerprint density at radius 2 is 1.50 bits per heavy atom. The molecule has 0 heterocycles. The fourth-order valence-electron chi connectivity index (χ4n) is 3.24. The van der Waals surface area contributed by atoms with Crippen molar-refractivity contribution >= 4 is 42.4 Å². The lowest BCUT2D eigenvalue weighted by Gasteiger charge is -2.15. The molecule has 0 fully saturated rings. The quantitative estimate of drug-likeness (QED) is 0.260. The Labute approximate surface area is 158 Å². The molecule has 4 aromatic rings. The van der Waals surface area contributed by atoms with Gasteiger partial charge in [0.2, 0.25) is 0 Å². The van der Waals surface area contributed by atoms with Gasteiger partial charge < -0.3 is 8.92 Å². The van der Waals surface area contributed by atoms with Crippen LogP contribution >= 0.6 is 0 Å². The zero-order chi connectivity index (χ0) is 20.1. The minimum atomic E-state index is -5.82. The first-order valence-corrected chi connectivity index (χ1v) is 9.55. The van der Waals surface area contributed by atoms with Crippen LogP contribution in [-0.4, -0.2) is 21.0 Å². The number of benzene rings is 4. The second kappa shape index (κ2) is 6.27. The maximum atomic E-state index is 12.9. The average Bonchev–Trinajstić information content (AvgIpc) is 2.65. The van der Waals surface area contributed by atoms with Crippen molar-refractivity contribution in [3.05, 3.63) is 60.7 Å². The Bertz CT molecular complexity index is 1330. The molecular weight excluding hydrogens is 393 g/mol. The van der Waals surface area contributed by atoms with Crippen molar-refractivity contribution in [1.82, 2.24) is 0 Å². The third-order valence-corrected chi connectivity index (χ3v) is 5.46. The van der Waals surface area contributed by atoms with Crippen LogP contribution in [0.5, 0.6) is 11.5 Å². The van der Waals surface area contributed by atoms with Crippen molar-refractivity contribution in [2.45, 2.75) is 5.51 Å². The fraction of sp³-hybridized carbons (Fsp3) is 0.100. The summed E-state index contributed by atoms with van der Waals surface area (Å²) in [6.45, 7) is 0. The summed E-state index contributed by atoms with van der Waals surface area (Å²) in [7, 11) is -4.32. The number of alkyl halides is 3. The highest BCUT2D eigenvalue weighted by Crippen LogP contribution is 2.41. The van der Waals surface area contributed by atoms with E-state index in [1.807, 2.05) is 6.07 Å². The van der Waals surface area contributed by atoms with Gasteiger partial charge in [0.25, 0.3) is 0 Å². The lowest BCUT2D eigenvalue weighted by Crippen LogP contribution is -2.28. The van der Waals surface area contributed by atoms with E-state index in [0.717, 1.165) is 5.39 Å². The van der Waals surface area contributed by atoms with Crippen molar-refractivity contribution in [2.75, 3.05) is 7.11 Å². The number of hydrogen-bond acceptors (Lipinski definition) is 4. The molecule has 28 heavy (non-hydrogen) atoms. The van der Waals surface area contributed by atoms with Gasteiger partial charge in [-0.2, -0.15) is 21.6 Å². The van der Waals surface area contributed by atoms with Gasteiger partial charge in [0.1, 0.15) is 5.75 Å². The van der Waals surface area contributed by atoms with Crippen LogP contribution in [0.25, 0.3) is 32.3 Å². The molecular formula is C20H13F3O4S. The summed E-state index contributed by atoms with van der Waals surface area (Å²) in [5.74, 6) is 0.194. The molecule has 4 nitrogen and oxygen atoms in total. The second-order valence-electron chi connectivity index (χ2n) is 6.15. The van der Waals surface area contributed by atoms with E-state index in [0.29, 0.717) is 27.3 Å². The summed E-state index contributed by atoms with van der Waals surface area (Å²) in [6.07, 6.45) is 0. The van der Waals surface area contributed by atoms with E-state index in [1.54, 1.807) is 48.5 Å². The predicted octanol–water partition coefficient (Wildman–Crippen LogP) is 5.38. The summed E-state index contributed by atoms with van der Waals surface area (Å²) in [6, 6.07) is 16.9. The molecule has 0 aromatic heterocycles. The van der Waals surface area contributed by atoms with Gasteiger partial charge in [-0.3, -0.25) is 0 Å². The first kappa shape index (κ1) is 18.4. The van der Waals surface area contributed by atoms with Crippen LogP contribution in [-0.2, 0) is 10.1 Å². The van der Waals surface area contributed by atoms with Crippen molar-refractivity contribution in [3.63, 3.8) is 0 Å². The van der Waals surface area contributed by atoms with Crippen LogP contribution in [0, 0.1) is 0 Å². The highest BCUT2D eigenvalue weighted by Gasteiger charge is 2.48. The average molecular weight is 406 g/mol. The minimum Gasteiger partial charge on any atom is -0.497 e. The molecule has 0 aliphatic carbocycles. The van der Waals surface area contributed by atoms with E-state index < -0.39 is 15.6 Å². The van der Waals surface area contributed by atoms with Crippen LogP contribution in [0.4, 0.5) is 13.2 Å². The molecule has 144 valence electrons. The number of methoxy groups -OCH3 is 1. The van der Waals surface area contributed by atoms with Crippen LogP contribution in [0.2, 0.25) is 0 Å². The van der Waals surface area contributed by atoms with Crippen LogP contribution in [0.15, 0.2) is 60.7 Å². The molecule has 0 amide bonds. The van der Waals surface area contributed by atoms with Crippen LogP contribution in [0.3, 0.4) is 0 Å². The molecule has 0 unspecified atom stereocenters. The molecule has 4 aromatic carbocycles. The number of ether oxygens (including phenoxy) is 1. The van der Waals surface area contributed by atoms with Gasteiger partial charge in [0.15, 0.2) is 5.75 Å². The van der Waals surface area contributed by atoms with Gasteiger partial charge in [-0.05, 0) is 51.2 Å². The molecule has 8 heteroatoms. The number of fused-ring (bicyclic) bond motifs is 5. The van der Waals surface area contributed by atoms with Crippen molar-refractivity contribution < 1.29 is 30.5 Å². The lowest BCUT2D eigenvalue weighted by molar-refractivity contribution is -0.0499. The number of halogens is 3. The molecule has 0 radical (unpaired) electrons. The van der Waals surface area contributed by atoms with E-state index in [1.165, 1.54) is 13.2 Å². The fourth-order valence-corrected chi connectivity index (χ4v) is 3.70. The van der Waals surface area contributed by atoms with E-state index in [2.05, 4.69) is 4.18 Å². The number of rotatable bonds is 3. The van der Waals surface area contributed by atoms with Gasteiger partial charge in [0, 0.05) is 5.39 Å². The van der Waals surface area contributed by atoms with E-state index in [-0.39, 0.29) is 11.1 Å². The Kier molecular flexibility index (Phi) is 4.11. The van der Waals surface area contributed by atoms with Gasteiger partial charge >= 0.3 is 15.6 Å². The number of hydrogen-bond donors (Lipinski definition) is 0. The van der Waals surface area contributed by atoms with Crippen LogP contribution in [0.1, 0.15) is 0 Å². The smallest absolute Gasteiger partial charge is 0.497 e. The van der Waals surface area contributed by atoms with E-state index >= 15 is 0 Å². The third-order valence-electron chi connectivity index (χ3n) is 4.49. The minimum absolute atomic E-state index is 0.284. The Morgan fingerprint density at radius 1 is 0.821 bits per heavy atom. The van der Waals surface area contributed by atoms with Gasteiger partial charge in [-0.1, -0.05) is 36.4 Å². The Morgan fingerprint density at radius 3 is 2.21 bits per heavy atom. The maximum absolute atomic E-state index is 12.9. The molecule has 0 aliphatic heterocycles. The molecule has 0 atom stereocenters. The van der Waals surface area contributed by atoms with Gasteiger partial charge in [-0.25, -0.2) is 0 Å². The second-order valence-corrected chi connectivity index (χ2v) is 7.69. The first-order chi connectivity index (χ1) is 13.2. The molecule has 0 saturated heterocycles. The summed E-state index contributed by atoms with van der Waals surface area (Å²) in [4.78, 5) is 0. The summed E-state index contributed by atoms with van der Waals surface area (Å²) in [5, 5.41) is 3.44. The third kappa shape index (κ3) is 2.90. The predicted molar refractivity (Wildman–Crippen MR) is 101 cm³/mol. The summed E-state index contributed by atoms with van der Waals surface area (Å²) < 4.78 is 71.8. The van der Waals surface area contributed by atoms with E-state index in [9.17, 15) is 21.6 Å². The van der Waals surface area contributed by atoms with Crippen molar-refractivity contribution in [3.8, 4) is 11.5 Å². The SMILES string of the molecule is COc1ccc2c(ccc3c4ccccc4cc(OS(=O)(=O)C(F)(F)F)c23)c1. The van der Waals surface area contributed by atoms with E-state index in [4.69, 9.17) is 4.74 Å². The molecule has 0 saturated carbocycles. The largest absolute Gasteiger partial charge is 0.534 e. The first-order valence-electron chi connectivity index (χ1n) is 8.14. The topological polar surface area (TPSA) is 52.6 Å². The lowest BCUT2D eigenvalue weighted by atomic mass is 9.96. The van der Waals surface area contributed by atoms with Crippen molar-refractivity contribution in [1.29, 1.82) is 0 Å². The molecule has 0 N–H and O–H groups in total. The zero-order valence-electron chi connectivity index (χ0n) is 14.4. The molecule has 0 spiro atoms. The summed E-state index contributed by atoms with van der Waals surface area (Å²) in [5.41, 5.74) is -5.53. The highest BCUT2D eigenvalue weighted by atomic mass is 32.2. The van der Waals surface area contributed by atoms with Gasteiger partial charge in [-0.15, -0.1) is 0 Å². The Hall–Kier alpha value is -3.00. The molecule has 0 aliphatic rings. The Balaban J connectivity index is 2.12. The van der Waals surface area contributed by atoms with Crippen LogP contribution < -0.4 is 8.92 Å². The molecule has 0 bridgehead atoms. The van der Waals surface area contributed by atoms with Gasteiger partial charge in [0.05, 0.1) is 7.11 Å².